The standard InChI is InChI=1S/C13H9F5N2/c14-6-1-2-8(9(16)3-6)13(20-19)12-10(17)4-7(15)5-11(12)18/h1-5,13,20H,19H2. The first-order chi connectivity index (χ1) is 9.43. The summed E-state index contributed by atoms with van der Waals surface area (Å²) in [4.78, 5) is 0. The molecule has 0 saturated heterocycles. The Hall–Kier alpha value is -1.99. The minimum atomic E-state index is -1.42. The molecule has 0 aliphatic heterocycles. The van der Waals surface area contributed by atoms with Gasteiger partial charge in [0.15, 0.2) is 0 Å². The fraction of sp³-hybridized carbons (Fsp3) is 0.0769. The van der Waals surface area contributed by atoms with E-state index in [9.17, 15) is 22.0 Å². The van der Waals surface area contributed by atoms with Gasteiger partial charge in [-0.25, -0.2) is 27.4 Å². The zero-order valence-corrected chi connectivity index (χ0v) is 9.93. The largest absolute Gasteiger partial charge is 0.271 e. The zero-order valence-electron chi connectivity index (χ0n) is 9.93. The van der Waals surface area contributed by atoms with E-state index in [1.165, 1.54) is 0 Å². The molecule has 0 aliphatic carbocycles. The summed E-state index contributed by atoms with van der Waals surface area (Å²) in [7, 11) is 0. The SMILES string of the molecule is NNC(c1ccc(F)cc1F)c1c(F)cc(F)cc1F. The van der Waals surface area contributed by atoms with Crippen molar-refractivity contribution < 1.29 is 22.0 Å². The molecule has 106 valence electrons. The van der Waals surface area contributed by atoms with Crippen molar-refractivity contribution in [1.82, 2.24) is 5.43 Å². The van der Waals surface area contributed by atoms with Crippen LogP contribution in [0.5, 0.6) is 0 Å². The quantitative estimate of drug-likeness (QED) is 0.518. The lowest BCUT2D eigenvalue weighted by atomic mass is 9.97. The van der Waals surface area contributed by atoms with Gasteiger partial charge < -0.3 is 0 Å². The van der Waals surface area contributed by atoms with Gasteiger partial charge in [0.1, 0.15) is 29.1 Å². The first-order valence-corrected chi connectivity index (χ1v) is 5.49. The summed E-state index contributed by atoms with van der Waals surface area (Å²) in [5, 5.41) is 0. The van der Waals surface area contributed by atoms with Crippen molar-refractivity contribution in [2.75, 3.05) is 0 Å². The third kappa shape index (κ3) is 2.63. The van der Waals surface area contributed by atoms with E-state index in [-0.39, 0.29) is 5.56 Å². The maximum atomic E-state index is 13.7. The Bertz CT molecular complexity index is 622. The van der Waals surface area contributed by atoms with E-state index < -0.39 is 40.7 Å². The molecule has 0 fully saturated rings. The van der Waals surface area contributed by atoms with Crippen molar-refractivity contribution in [2.24, 2.45) is 5.84 Å². The number of hydrazine groups is 1. The molecular weight excluding hydrogens is 279 g/mol. The molecule has 2 rings (SSSR count). The highest BCUT2D eigenvalue weighted by molar-refractivity contribution is 5.35. The smallest absolute Gasteiger partial charge is 0.134 e. The lowest BCUT2D eigenvalue weighted by Crippen LogP contribution is -2.31. The zero-order chi connectivity index (χ0) is 14.9. The van der Waals surface area contributed by atoms with Crippen molar-refractivity contribution in [3.8, 4) is 0 Å². The molecule has 20 heavy (non-hydrogen) atoms. The summed E-state index contributed by atoms with van der Waals surface area (Å²) in [6.45, 7) is 0. The highest BCUT2D eigenvalue weighted by atomic mass is 19.2. The van der Waals surface area contributed by atoms with Crippen molar-refractivity contribution in [1.29, 1.82) is 0 Å². The van der Waals surface area contributed by atoms with E-state index in [4.69, 9.17) is 5.84 Å². The van der Waals surface area contributed by atoms with Crippen molar-refractivity contribution in [3.63, 3.8) is 0 Å². The first kappa shape index (κ1) is 14.4. The number of halogens is 5. The van der Waals surface area contributed by atoms with Crippen LogP contribution >= 0.6 is 0 Å². The van der Waals surface area contributed by atoms with Gasteiger partial charge in [-0.2, -0.15) is 0 Å². The second-order valence-corrected chi connectivity index (χ2v) is 4.05. The molecule has 0 saturated carbocycles. The van der Waals surface area contributed by atoms with Gasteiger partial charge in [0.25, 0.3) is 0 Å². The molecule has 0 heterocycles. The number of hydrogen-bond acceptors (Lipinski definition) is 2. The van der Waals surface area contributed by atoms with Crippen LogP contribution in [-0.2, 0) is 0 Å². The van der Waals surface area contributed by atoms with Gasteiger partial charge in [0.05, 0.1) is 6.04 Å². The van der Waals surface area contributed by atoms with Gasteiger partial charge in [-0.3, -0.25) is 5.84 Å². The lowest BCUT2D eigenvalue weighted by molar-refractivity contribution is 0.479. The van der Waals surface area contributed by atoms with E-state index >= 15 is 0 Å². The fourth-order valence-corrected chi connectivity index (χ4v) is 1.89. The van der Waals surface area contributed by atoms with Crippen LogP contribution in [0, 0.1) is 29.1 Å². The maximum Gasteiger partial charge on any atom is 0.134 e. The molecule has 1 atom stereocenters. The Morgan fingerprint density at radius 2 is 1.35 bits per heavy atom. The fourth-order valence-electron chi connectivity index (χ4n) is 1.89. The average molecular weight is 288 g/mol. The first-order valence-electron chi connectivity index (χ1n) is 5.49. The van der Waals surface area contributed by atoms with Gasteiger partial charge >= 0.3 is 0 Å². The second kappa shape index (κ2) is 5.56. The molecule has 3 N–H and O–H groups in total. The predicted molar refractivity (Wildman–Crippen MR) is 61.8 cm³/mol. The van der Waals surface area contributed by atoms with Crippen LogP contribution in [0.15, 0.2) is 30.3 Å². The number of nitrogens with two attached hydrogens (primary N) is 1. The third-order valence-corrected chi connectivity index (χ3v) is 2.77. The van der Waals surface area contributed by atoms with E-state index in [2.05, 4.69) is 0 Å². The number of rotatable bonds is 3. The summed E-state index contributed by atoms with van der Waals surface area (Å²) < 4.78 is 66.7. The monoisotopic (exact) mass is 288 g/mol. The summed E-state index contributed by atoms with van der Waals surface area (Å²) in [6.07, 6.45) is 0. The Labute approximate surface area is 111 Å². The van der Waals surface area contributed by atoms with Crippen LogP contribution in [0.1, 0.15) is 17.2 Å². The molecule has 2 aromatic rings. The molecule has 2 nitrogen and oxygen atoms in total. The van der Waals surface area contributed by atoms with Gasteiger partial charge in [-0.15, -0.1) is 0 Å². The highest BCUT2D eigenvalue weighted by Crippen LogP contribution is 2.29. The topological polar surface area (TPSA) is 38.0 Å². The Morgan fingerprint density at radius 1 is 0.800 bits per heavy atom. The van der Waals surface area contributed by atoms with Crippen LogP contribution in [-0.4, -0.2) is 0 Å². The molecular formula is C13H9F5N2. The normalized spacial score (nSPS) is 12.5. The number of nitrogens with one attached hydrogen (secondary N) is 1. The summed E-state index contributed by atoms with van der Waals surface area (Å²) in [5.74, 6) is -0.262. The van der Waals surface area contributed by atoms with Crippen LogP contribution < -0.4 is 11.3 Å². The van der Waals surface area contributed by atoms with E-state index in [0.717, 1.165) is 12.1 Å². The minimum Gasteiger partial charge on any atom is -0.271 e. The van der Waals surface area contributed by atoms with E-state index in [1.807, 2.05) is 5.43 Å². The summed E-state index contributed by atoms with van der Waals surface area (Å²) in [5.41, 5.74) is 1.11. The van der Waals surface area contributed by atoms with Gasteiger partial charge in [0, 0.05) is 29.3 Å². The van der Waals surface area contributed by atoms with Gasteiger partial charge in [-0.05, 0) is 6.07 Å². The molecule has 0 bridgehead atoms. The molecule has 0 amide bonds. The van der Waals surface area contributed by atoms with Crippen molar-refractivity contribution >= 4 is 0 Å². The summed E-state index contributed by atoms with van der Waals surface area (Å²) in [6, 6.07) is 1.95. The van der Waals surface area contributed by atoms with Crippen LogP contribution in [0.3, 0.4) is 0 Å². The van der Waals surface area contributed by atoms with E-state index in [1.54, 1.807) is 0 Å². The molecule has 7 heteroatoms. The van der Waals surface area contributed by atoms with Gasteiger partial charge in [0.2, 0.25) is 0 Å². The average Bonchev–Trinajstić information content (AvgIpc) is 2.34. The maximum absolute atomic E-state index is 13.7. The summed E-state index contributed by atoms with van der Waals surface area (Å²) >= 11 is 0. The van der Waals surface area contributed by atoms with Crippen LogP contribution in [0.2, 0.25) is 0 Å². The Balaban J connectivity index is 2.58. The van der Waals surface area contributed by atoms with Crippen LogP contribution in [0.4, 0.5) is 22.0 Å². The van der Waals surface area contributed by atoms with E-state index in [0.29, 0.717) is 18.2 Å². The molecule has 0 aliphatic rings. The predicted octanol–water partition coefficient (Wildman–Crippen LogP) is 2.93. The van der Waals surface area contributed by atoms with Crippen molar-refractivity contribution in [2.45, 2.75) is 6.04 Å². The lowest BCUT2D eigenvalue weighted by Gasteiger charge is -2.19. The minimum absolute atomic E-state index is 0.265. The second-order valence-electron chi connectivity index (χ2n) is 4.05. The molecule has 0 radical (unpaired) electrons. The molecule has 2 aromatic carbocycles. The van der Waals surface area contributed by atoms with Crippen molar-refractivity contribution in [3.05, 3.63) is 70.5 Å². The number of benzene rings is 2. The molecule has 0 spiro atoms. The van der Waals surface area contributed by atoms with Crippen LogP contribution in [0.25, 0.3) is 0 Å². The Kier molecular flexibility index (Phi) is 4.01. The molecule has 1 unspecified atom stereocenters. The number of hydrogen-bond donors (Lipinski definition) is 2. The molecule has 0 aromatic heterocycles. The third-order valence-electron chi connectivity index (χ3n) is 2.77. The Morgan fingerprint density at radius 3 is 1.85 bits per heavy atom. The highest BCUT2D eigenvalue weighted by Gasteiger charge is 2.24. The van der Waals surface area contributed by atoms with Gasteiger partial charge in [-0.1, -0.05) is 6.07 Å².